The van der Waals surface area contributed by atoms with E-state index >= 15 is 0 Å². The van der Waals surface area contributed by atoms with Gasteiger partial charge < -0.3 is 15.5 Å². The predicted octanol–water partition coefficient (Wildman–Crippen LogP) is 1.35. The molecule has 2 atom stereocenters. The zero-order chi connectivity index (χ0) is 21.1. The number of halogens is 2. The molecule has 2 aliphatic rings. The van der Waals surface area contributed by atoms with Crippen LogP contribution in [0.4, 0.5) is 4.39 Å². The van der Waals surface area contributed by atoms with Crippen molar-refractivity contribution in [1.82, 2.24) is 14.7 Å². The Morgan fingerprint density at radius 1 is 1.14 bits per heavy atom. The van der Waals surface area contributed by atoms with E-state index in [1.165, 1.54) is 12.1 Å². The van der Waals surface area contributed by atoms with Gasteiger partial charge in [-0.15, -0.1) is 0 Å². The van der Waals surface area contributed by atoms with Crippen molar-refractivity contribution < 1.29 is 18.8 Å². The fourth-order valence-electron chi connectivity index (χ4n) is 3.98. The van der Waals surface area contributed by atoms with Gasteiger partial charge in [0.05, 0.1) is 22.5 Å². The molecule has 2 saturated heterocycles. The normalized spacial score (nSPS) is 21.7. The van der Waals surface area contributed by atoms with E-state index in [1.54, 1.807) is 9.80 Å². The quantitative estimate of drug-likeness (QED) is 0.790. The first-order valence-corrected chi connectivity index (χ1v) is 10.2. The Hall–Kier alpha value is -2.19. The number of rotatable bonds is 4. The van der Waals surface area contributed by atoms with Crippen LogP contribution in [0.3, 0.4) is 0 Å². The molecular weight excluding hydrogens is 399 g/mol. The summed E-state index contributed by atoms with van der Waals surface area (Å²) in [5.74, 6) is -1.39. The standard InChI is InChI=1S/C20H26ClFN4O3/c1-13(19(28)26-6-2-3-14(12-26)18(23)27)24-7-9-25(10-8-24)20(29)16-5-4-15(22)11-17(16)21/h4-5,11,13-14H,2-3,6-10,12H2,1H3,(H2,23,27). The molecule has 3 amide bonds. The number of hydrogen-bond acceptors (Lipinski definition) is 4. The van der Waals surface area contributed by atoms with E-state index in [0.717, 1.165) is 18.9 Å². The molecular formula is C20H26ClFN4O3. The highest BCUT2D eigenvalue weighted by Crippen LogP contribution is 2.21. The summed E-state index contributed by atoms with van der Waals surface area (Å²) in [7, 11) is 0. The first kappa shape index (κ1) is 21.5. The summed E-state index contributed by atoms with van der Waals surface area (Å²) in [6.45, 7) is 4.86. The van der Waals surface area contributed by atoms with Gasteiger partial charge in [0.15, 0.2) is 0 Å². The molecule has 2 N–H and O–H groups in total. The summed E-state index contributed by atoms with van der Waals surface area (Å²) >= 11 is 6.00. The highest BCUT2D eigenvalue weighted by atomic mass is 35.5. The van der Waals surface area contributed by atoms with Crippen LogP contribution in [0, 0.1) is 11.7 Å². The molecule has 0 bridgehead atoms. The van der Waals surface area contributed by atoms with Crippen LogP contribution in [0.2, 0.25) is 5.02 Å². The first-order chi connectivity index (χ1) is 13.8. The lowest BCUT2D eigenvalue weighted by atomic mass is 9.97. The summed E-state index contributed by atoms with van der Waals surface area (Å²) in [4.78, 5) is 42.4. The Morgan fingerprint density at radius 3 is 2.45 bits per heavy atom. The summed E-state index contributed by atoms with van der Waals surface area (Å²) in [5.41, 5.74) is 5.68. The number of likely N-dealkylation sites (tertiary alicyclic amines) is 1. The lowest BCUT2D eigenvalue weighted by Gasteiger charge is -2.40. The van der Waals surface area contributed by atoms with Crippen LogP contribution in [-0.2, 0) is 9.59 Å². The number of piperazine rings is 1. The van der Waals surface area contributed by atoms with Crippen molar-refractivity contribution in [1.29, 1.82) is 0 Å². The van der Waals surface area contributed by atoms with Crippen LogP contribution in [0.1, 0.15) is 30.1 Å². The van der Waals surface area contributed by atoms with Crippen molar-refractivity contribution in [3.8, 4) is 0 Å². The molecule has 0 saturated carbocycles. The van der Waals surface area contributed by atoms with E-state index in [1.807, 2.05) is 11.8 Å². The maximum absolute atomic E-state index is 13.2. The van der Waals surface area contributed by atoms with Gasteiger partial charge in [0.1, 0.15) is 5.82 Å². The number of benzene rings is 1. The molecule has 1 aromatic carbocycles. The fourth-order valence-corrected chi connectivity index (χ4v) is 4.22. The van der Waals surface area contributed by atoms with Crippen LogP contribution in [0.5, 0.6) is 0 Å². The lowest BCUT2D eigenvalue weighted by Crippen LogP contribution is -2.57. The third kappa shape index (κ3) is 4.87. The Labute approximate surface area is 174 Å². The maximum atomic E-state index is 13.2. The highest BCUT2D eigenvalue weighted by molar-refractivity contribution is 6.33. The van der Waals surface area contributed by atoms with Gasteiger partial charge in [-0.25, -0.2) is 4.39 Å². The van der Waals surface area contributed by atoms with Crippen LogP contribution in [0.15, 0.2) is 18.2 Å². The highest BCUT2D eigenvalue weighted by Gasteiger charge is 2.33. The second-order valence-electron chi connectivity index (χ2n) is 7.65. The number of carbonyl (C=O) groups is 3. The molecule has 29 heavy (non-hydrogen) atoms. The minimum absolute atomic E-state index is 0.0164. The molecule has 158 valence electrons. The topological polar surface area (TPSA) is 86.9 Å². The Kier molecular flexibility index (Phi) is 6.74. The van der Waals surface area contributed by atoms with Gasteiger partial charge in [-0.2, -0.15) is 0 Å². The Morgan fingerprint density at radius 2 is 1.83 bits per heavy atom. The number of carbonyl (C=O) groups excluding carboxylic acids is 3. The van der Waals surface area contributed by atoms with Gasteiger partial charge >= 0.3 is 0 Å². The number of nitrogens with zero attached hydrogens (tertiary/aromatic N) is 3. The summed E-state index contributed by atoms with van der Waals surface area (Å²) < 4.78 is 13.2. The second-order valence-corrected chi connectivity index (χ2v) is 8.06. The van der Waals surface area contributed by atoms with Crippen molar-refractivity contribution in [2.45, 2.75) is 25.8 Å². The molecule has 2 unspecified atom stereocenters. The number of piperidine rings is 1. The van der Waals surface area contributed by atoms with Gasteiger partial charge in [0.2, 0.25) is 11.8 Å². The molecule has 0 aliphatic carbocycles. The van der Waals surface area contributed by atoms with Gasteiger partial charge in [0.25, 0.3) is 5.91 Å². The maximum Gasteiger partial charge on any atom is 0.255 e. The van der Waals surface area contributed by atoms with Crippen molar-refractivity contribution in [2.24, 2.45) is 11.7 Å². The molecule has 0 spiro atoms. The van der Waals surface area contributed by atoms with Crippen molar-refractivity contribution in [3.05, 3.63) is 34.6 Å². The minimum atomic E-state index is -0.486. The summed E-state index contributed by atoms with van der Waals surface area (Å²) in [6.07, 6.45) is 1.49. The van der Waals surface area contributed by atoms with Crippen LogP contribution in [-0.4, -0.2) is 77.7 Å². The van der Waals surface area contributed by atoms with E-state index in [0.29, 0.717) is 39.3 Å². The van der Waals surface area contributed by atoms with Crippen molar-refractivity contribution in [2.75, 3.05) is 39.3 Å². The molecule has 2 fully saturated rings. The predicted molar refractivity (Wildman–Crippen MR) is 107 cm³/mol. The van der Waals surface area contributed by atoms with Crippen LogP contribution < -0.4 is 5.73 Å². The molecule has 2 aliphatic heterocycles. The van der Waals surface area contributed by atoms with Gasteiger partial charge in [-0.3, -0.25) is 19.3 Å². The number of primary amides is 1. The third-order valence-corrected chi connectivity index (χ3v) is 6.12. The largest absolute Gasteiger partial charge is 0.369 e. The van der Waals surface area contributed by atoms with E-state index in [2.05, 4.69) is 0 Å². The summed E-state index contributed by atoms with van der Waals surface area (Å²) in [5, 5.41) is 0.0927. The van der Waals surface area contributed by atoms with E-state index in [-0.39, 0.29) is 40.3 Å². The number of amides is 3. The van der Waals surface area contributed by atoms with E-state index in [4.69, 9.17) is 17.3 Å². The monoisotopic (exact) mass is 424 g/mol. The summed E-state index contributed by atoms with van der Waals surface area (Å²) in [6, 6.07) is 3.40. The van der Waals surface area contributed by atoms with Crippen LogP contribution >= 0.6 is 11.6 Å². The van der Waals surface area contributed by atoms with E-state index in [9.17, 15) is 18.8 Å². The SMILES string of the molecule is CC(C(=O)N1CCCC(C(N)=O)C1)N1CCN(C(=O)c2ccc(F)cc2Cl)CC1. The van der Waals surface area contributed by atoms with Gasteiger partial charge in [0, 0.05) is 39.3 Å². The molecule has 0 radical (unpaired) electrons. The number of nitrogens with two attached hydrogens (primary N) is 1. The average molecular weight is 425 g/mol. The molecule has 2 heterocycles. The Bertz CT molecular complexity index is 798. The van der Waals surface area contributed by atoms with Gasteiger partial charge in [-0.1, -0.05) is 11.6 Å². The first-order valence-electron chi connectivity index (χ1n) is 9.84. The lowest BCUT2D eigenvalue weighted by molar-refractivity contribution is -0.140. The zero-order valence-electron chi connectivity index (χ0n) is 16.4. The van der Waals surface area contributed by atoms with Crippen LogP contribution in [0.25, 0.3) is 0 Å². The third-order valence-electron chi connectivity index (χ3n) is 5.80. The van der Waals surface area contributed by atoms with Gasteiger partial charge in [-0.05, 0) is 38.0 Å². The molecule has 9 heteroatoms. The Balaban J connectivity index is 1.56. The smallest absolute Gasteiger partial charge is 0.255 e. The van der Waals surface area contributed by atoms with E-state index < -0.39 is 5.82 Å². The van der Waals surface area contributed by atoms with Crippen molar-refractivity contribution >= 4 is 29.3 Å². The average Bonchev–Trinajstić information content (AvgIpc) is 2.72. The molecule has 0 aromatic heterocycles. The minimum Gasteiger partial charge on any atom is -0.369 e. The zero-order valence-corrected chi connectivity index (χ0v) is 17.2. The second kappa shape index (κ2) is 9.09. The fraction of sp³-hybridized carbons (Fsp3) is 0.550. The van der Waals surface area contributed by atoms with Crippen molar-refractivity contribution in [3.63, 3.8) is 0 Å². The number of hydrogen-bond donors (Lipinski definition) is 1. The molecule has 7 nitrogen and oxygen atoms in total. The molecule has 3 rings (SSSR count). The molecule has 1 aromatic rings.